The Balaban J connectivity index is 1.41. The van der Waals surface area contributed by atoms with Gasteiger partial charge in [-0.15, -0.1) is 0 Å². The molecule has 1 aliphatic rings. The van der Waals surface area contributed by atoms with Crippen molar-refractivity contribution in [3.8, 4) is 11.5 Å². The minimum absolute atomic E-state index is 0.0187. The highest BCUT2D eigenvalue weighted by molar-refractivity contribution is 5.92. The largest absolute Gasteiger partial charge is 0.493 e. The van der Waals surface area contributed by atoms with Crippen molar-refractivity contribution in [1.29, 1.82) is 0 Å². The van der Waals surface area contributed by atoms with Gasteiger partial charge in [0.05, 0.1) is 32.5 Å². The minimum Gasteiger partial charge on any atom is -0.493 e. The molecule has 33 heavy (non-hydrogen) atoms. The van der Waals surface area contributed by atoms with Crippen LogP contribution in [0.25, 0.3) is 6.08 Å². The van der Waals surface area contributed by atoms with E-state index in [1.54, 1.807) is 19.3 Å². The molecule has 6 heteroatoms. The zero-order chi connectivity index (χ0) is 23.0. The Morgan fingerprint density at radius 3 is 2.85 bits per heavy atom. The van der Waals surface area contributed by atoms with Crippen LogP contribution in [0.15, 0.2) is 60.8 Å². The summed E-state index contributed by atoms with van der Waals surface area (Å²) < 4.78 is 13.2. The SMILES string of the molecule is CCCOc1ccc(/C=C/C(=O)NC2CCCc3c2cnn3Cc2ccccc2)cc1OC. The molecular weight excluding hydrogens is 414 g/mol. The second kappa shape index (κ2) is 10.9. The van der Waals surface area contributed by atoms with Crippen molar-refractivity contribution in [2.24, 2.45) is 0 Å². The number of fused-ring (bicyclic) bond motifs is 1. The number of carbonyl (C=O) groups excluding carboxylic acids is 1. The van der Waals surface area contributed by atoms with Gasteiger partial charge in [0.15, 0.2) is 11.5 Å². The molecule has 1 atom stereocenters. The van der Waals surface area contributed by atoms with Gasteiger partial charge >= 0.3 is 0 Å². The molecule has 1 amide bonds. The van der Waals surface area contributed by atoms with Crippen LogP contribution in [0.1, 0.15) is 54.6 Å². The first kappa shape index (κ1) is 22.6. The highest BCUT2D eigenvalue weighted by Gasteiger charge is 2.25. The van der Waals surface area contributed by atoms with Gasteiger partial charge in [0.25, 0.3) is 0 Å². The molecule has 0 radical (unpaired) electrons. The first-order valence-corrected chi connectivity index (χ1v) is 11.6. The molecule has 1 unspecified atom stereocenters. The van der Waals surface area contributed by atoms with E-state index in [2.05, 4.69) is 34.2 Å². The van der Waals surface area contributed by atoms with E-state index in [1.807, 2.05) is 42.6 Å². The number of nitrogens with zero attached hydrogens (tertiary/aromatic N) is 2. The summed E-state index contributed by atoms with van der Waals surface area (Å²) in [6.45, 7) is 3.45. The molecule has 0 saturated heterocycles. The number of carbonyl (C=O) groups is 1. The fourth-order valence-corrected chi connectivity index (χ4v) is 4.17. The molecule has 6 nitrogen and oxygen atoms in total. The van der Waals surface area contributed by atoms with Crippen molar-refractivity contribution >= 4 is 12.0 Å². The van der Waals surface area contributed by atoms with E-state index in [1.165, 1.54) is 11.3 Å². The van der Waals surface area contributed by atoms with Gasteiger partial charge < -0.3 is 14.8 Å². The smallest absolute Gasteiger partial charge is 0.244 e. The molecule has 1 aromatic heterocycles. The zero-order valence-corrected chi connectivity index (χ0v) is 19.3. The van der Waals surface area contributed by atoms with Crippen LogP contribution in [0.2, 0.25) is 0 Å². The molecule has 0 fully saturated rings. The Morgan fingerprint density at radius 2 is 2.06 bits per heavy atom. The number of ether oxygens (including phenoxy) is 2. The average Bonchev–Trinajstić information content (AvgIpc) is 3.26. The lowest BCUT2D eigenvalue weighted by atomic mass is 9.93. The molecular formula is C27H31N3O3. The van der Waals surface area contributed by atoms with E-state index in [9.17, 15) is 4.79 Å². The van der Waals surface area contributed by atoms with Crippen LogP contribution in [0.5, 0.6) is 11.5 Å². The predicted octanol–water partition coefficient (Wildman–Crippen LogP) is 4.94. The Morgan fingerprint density at radius 1 is 1.21 bits per heavy atom. The van der Waals surface area contributed by atoms with Gasteiger partial charge in [0.1, 0.15) is 0 Å². The number of benzene rings is 2. The van der Waals surface area contributed by atoms with Crippen LogP contribution in [0.3, 0.4) is 0 Å². The Kier molecular flexibility index (Phi) is 7.45. The van der Waals surface area contributed by atoms with Crippen LogP contribution in [-0.4, -0.2) is 29.4 Å². The Bertz CT molecular complexity index is 1110. The second-order valence-corrected chi connectivity index (χ2v) is 8.24. The third-order valence-electron chi connectivity index (χ3n) is 5.83. The third kappa shape index (κ3) is 5.64. The summed E-state index contributed by atoms with van der Waals surface area (Å²) in [6, 6.07) is 16.0. The summed E-state index contributed by atoms with van der Waals surface area (Å²) in [5.74, 6) is 1.26. The number of methoxy groups -OCH3 is 1. The maximum atomic E-state index is 12.7. The van der Waals surface area contributed by atoms with Crippen LogP contribution >= 0.6 is 0 Å². The van der Waals surface area contributed by atoms with Gasteiger partial charge in [-0.25, -0.2) is 0 Å². The number of amides is 1. The first-order chi connectivity index (χ1) is 16.2. The van der Waals surface area contributed by atoms with Crippen molar-refractivity contribution in [2.75, 3.05) is 13.7 Å². The Labute approximate surface area is 195 Å². The molecule has 1 aliphatic carbocycles. The molecule has 0 aliphatic heterocycles. The summed E-state index contributed by atoms with van der Waals surface area (Å²) >= 11 is 0. The van der Waals surface area contributed by atoms with Crippen molar-refractivity contribution < 1.29 is 14.3 Å². The molecule has 172 valence electrons. The van der Waals surface area contributed by atoms with Gasteiger partial charge in [-0.05, 0) is 55.0 Å². The van der Waals surface area contributed by atoms with Gasteiger partial charge in [-0.2, -0.15) is 5.10 Å². The average molecular weight is 446 g/mol. The molecule has 0 saturated carbocycles. The highest BCUT2D eigenvalue weighted by Crippen LogP contribution is 2.31. The summed E-state index contributed by atoms with van der Waals surface area (Å²) in [5, 5.41) is 7.77. The summed E-state index contributed by atoms with van der Waals surface area (Å²) in [4.78, 5) is 12.7. The van der Waals surface area contributed by atoms with Gasteiger partial charge in [-0.3, -0.25) is 9.48 Å². The topological polar surface area (TPSA) is 65.4 Å². The van der Waals surface area contributed by atoms with E-state index in [-0.39, 0.29) is 11.9 Å². The number of nitrogens with one attached hydrogen (secondary N) is 1. The van der Waals surface area contributed by atoms with Crippen LogP contribution in [0, 0.1) is 0 Å². The lowest BCUT2D eigenvalue weighted by molar-refractivity contribution is -0.117. The standard InChI is InChI=1S/C27H31N3O3/c1-3-16-33-25-14-12-20(17-26(25)32-2)13-15-27(31)29-23-10-7-11-24-22(23)18-28-30(24)19-21-8-5-4-6-9-21/h4-6,8-9,12-15,17-18,23H,3,7,10-11,16,19H2,1-2H3,(H,29,31)/b15-13+. The molecule has 3 aromatic rings. The molecule has 1 heterocycles. The van der Waals surface area contributed by atoms with E-state index >= 15 is 0 Å². The normalized spacial score (nSPS) is 15.3. The molecule has 4 rings (SSSR count). The molecule has 1 N–H and O–H groups in total. The van der Waals surface area contributed by atoms with Gasteiger partial charge in [-0.1, -0.05) is 43.3 Å². The van der Waals surface area contributed by atoms with Crippen LogP contribution < -0.4 is 14.8 Å². The van der Waals surface area contributed by atoms with Crippen LogP contribution in [0.4, 0.5) is 0 Å². The Hall–Kier alpha value is -3.54. The van der Waals surface area contributed by atoms with E-state index < -0.39 is 0 Å². The van der Waals surface area contributed by atoms with Crippen molar-refractivity contribution in [1.82, 2.24) is 15.1 Å². The second-order valence-electron chi connectivity index (χ2n) is 8.24. The summed E-state index contributed by atoms with van der Waals surface area (Å²) in [7, 11) is 1.62. The number of hydrogen-bond acceptors (Lipinski definition) is 4. The van der Waals surface area contributed by atoms with Crippen LogP contribution in [-0.2, 0) is 17.8 Å². The maximum absolute atomic E-state index is 12.7. The monoisotopic (exact) mass is 445 g/mol. The summed E-state index contributed by atoms with van der Waals surface area (Å²) in [6.07, 6.45) is 9.13. The van der Waals surface area contributed by atoms with Gasteiger partial charge in [0, 0.05) is 17.3 Å². The van der Waals surface area contributed by atoms with Crippen molar-refractivity contribution in [2.45, 2.75) is 45.2 Å². The fourth-order valence-electron chi connectivity index (χ4n) is 4.17. The predicted molar refractivity (Wildman–Crippen MR) is 129 cm³/mol. The molecule has 2 aromatic carbocycles. The van der Waals surface area contributed by atoms with E-state index in [0.29, 0.717) is 18.1 Å². The number of hydrogen-bond donors (Lipinski definition) is 1. The minimum atomic E-state index is -0.117. The fraction of sp³-hybridized carbons (Fsp3) is 0.333. The van der Waals surface area contributed by atoms with E-state index in [0.717, 1.165) is 43.4 Å². The first-order valence-electron chi connectivity index (χ1n) is 11.6. The van der Waals surface area contributed by atoms with E-state index in [4.69, 9.17) is 9.47 Å². The molecule has 0 bridgehead atoms. The lowest BCUT2D eigenvalue weighted by Gasteiger charge is -2.23. The van der Waals surface area contributed by atoms with Gasteiger partial charge in [0.2, 0.25) is 5.91 Å². The summed E-state index contributed by atoms with van der Waals surface area (Å²) in [5.41, 5.74) is 4.44. The van der Waals surface area contributed by atoms with Crippen molar-refractivity contribution in [3.63, 3.8) is 0 Å². The zero-order valence-electron chi connectivity index (χ0n) is 19.3. The molecule has 0 spiro atoms. The highest BCUT2D eigenvalue weighted by atomic mass is 16.5. The maximum Gasteiger partial charge on any atom is 0.244 e. The number of aromatic nitrogens is 2. The lowest BCUT2D eigenvalue weighted by Crippen LogP contribution is -2.29. The number of rotatable bonds is 9. The third-order valence-corrected chi connectivity index (χ3v) is 5.83. The quantitative estimate of drug-likeness (QED) is 0.474. The van der Waals surface area contributed by atoms with Crippen molar-refractivity contribution in [3.05, 3.63) is 83.2 Å².